The molecule has 68 valence electrons. The summed E-state index contributed by atoms with van der Waals surface area (Å²) < 4.78 is 0. The van der Waals surface area contributed by atoms with E-state index >= 15 is 0 Å². The summed E-state index contributed by atoms with van der Waals surface area (Å²) in [5.74, 6) is 0. The summed E-state index contributed by atoms with van der Waals surface area (Å²) in [4.78, 5) is 2.59. The van der Waals surface area contributed by atoms with Gasteiger partial charge >= 0.3 is 0 Å². The van der Waals surface area contributed by atoms with Crippen LogP contribution in [0.15, 0.2) is 0 Å². The van der Waals surface area contributed by atoms with Crippen LogP contribution in [0.3, 0.4) is 0 Å². The molecule has 0 aliphatic carbocycles. The summed E-state index contributed by atoms with van der Waals surface area (Å²) in [5, 5.41) is 3.29. The number of unbranched alkanes of at least 4 members (excludes halogenated alkanes) is 1. The quantitative estimate of drug-likeness (QED) is 0.375. The molecule has 0 saturated heterocycles. The fourth-order valence-corrected chi connectivity index (χ4v) is 0.928. The average Bonchev–Trinajstić information content (AvgIpc) is 2.03. The molecule has 0 atom stereocenters. The normalized spacial score (nSPS) is 10.4. The smallest absolute Gasteiger partial charge is 0.0108 e. The highest BCUT2D eigenvalue weighted by atomic mass is 35.5. The highest BCUT2D eigenvalue weighted by molar-refractivity contribution is 6.13. The van der Waals surface area contributed by atoms with Gasteiger partial charge in [0.1, 0.15) is 0 Å². The van der Waals surface area contributed by atoms with Gasteiger partial charge < -0.3 is 11.1 Å². The molecule has 0 aliphatic heterocycles. The van der Waals surface area contributed by atoms with E-state index in [4.69, 9.17) is 17.5 Å². The predicted molar refractivity (Wildman–Crippen MR) is 49.6 cm³/mol. The van der Waals surface area contributed by atoms with E-state index in [0.29, 0.717) is 0 Å². The average molecular weight is 180 g/mol. The van der Waals surface area contributed by atoms with Gasteiger partial charge in [-0.15, -0.1) is 0 Å². The monoisotopic (exact) mass is 179 g/mol. The maximum absolute atomic E-state index is 5.32. The Balaban J connectivity index is 2.69. The fourth-order valence-electron chi connectivity index (χ4n) is 0.794. The number of rotatable bonds is 8. The van der Waals surface area contributed by atoms with Gasteiger partial charge in [0.05, 0.1) is 0 Å². The lowest BCUT2D eigenvalue weighted by atomic mass is 10.3. The zero-order valence-electron chi connectivity index (χ0n) is 6.91. The van der Waals surface area contributed by atoms with E-state index in [-0.39, 0.29) is 0 Å². The van der Waals surface area contributed by atoms with Crippen molar-refractivity contribution < 1.29 is 0 Å². The Hall–Kier alpha value is 0.170. The Morgan fingerprint density at radius 1 is 1.00 bits per heavy atom. The molecule has 4 N–H and O–H groups in total. The van der Waals surface area contributed by atoms with E-state index in [1.807, 2.05) is 0 Å². The summed E-state index contributed by atoms with van der Waals surface area (Å²) in [6.45, 7) is 3.76. The Morgan fingerprint density at radius 3 is 2.27 bits per heavy atom. The topological polar surface area (TPSA) is 50.1 Å². The van der Waals surface area contributed by atoms with Crippen LogP contribution in [0.4, 0.5) is 0 Å². The Kier molecular flexibility index (Phi) is 10.3. The third-order valence-corrected chi connectivity index (χ3v) is 1.62. The van der Waals surface area contributed by atoms with E-state index in [0.717, 1.165) is 39.0 Å². The number of nitrogens with one attached hydrogen (secondary N) is 2. The Morgan fingerprint density at radius 2 is 1.64 bits per heavy atom. The van der Waals surface area contributed by atoms with E-state index in [1.165, 1.54) is 6.42 Å². The predicted octanol–water partition coefficient (Wildman–Crippen LogP) is 0.448. The van der Waals surface area contributed by atoms with Gasteiger partial charge in [0.15, 0.2) is 0 Å². The first-order valence-corrected chi connectivity index (χ1v) is 4.54. The van der Waals surface area contributed by atoms with E-state index in [2.05, 4.69) is 10.2 Å². The van der Waals surface area contributed by atoms with Gasteiger partial charge in [0, 0.05) is 6.54 Å². The lowest BCUT2D eigenvalue weighted by molar-refractivity contribution is 0.605. The molecule has 0 unspecified atom stereocenters. The van der Waals surface area contributed by atoms with Gasteiger partial charge in [-0.05, 0) is 50.7 Å². The molecule has 0 bridgehead atoms. The van der Waals surface area contributed by atoms with Gasteiger partial charge in [-0.3, -0.25) is 0 Å². The second-order valence-corrected chi connectivity index (χ2v) is 2.75. The van der Waals surface area contributed by atoms with Crippen molar-refractivity contribution in [2.75, 3.05) is 26.2 Å². The molecule has 0 amide bonds. The van der Waals surface area contributed by atoms with Crippen LogP contribution in [0.1, 0.15) is 19.3 Å². The summed E-state index contributed by atoms with van der Waals surface area (Å²) in [6.07, 6.45) is 3.36. The minimum Gasteiger partial charge on any atom is -0.330 e. The largest absolute Gasteiger partial charge is 0.330 e. The Labute approximate surface area is 73.8 Å². The van der Waals surface area contributed by atoms with Crippen molar-refractivity contribution in [1.29, 1.82) is 0 Å². The molecule has 0 radical (unpaired) electrons. The second kappa shape index (κ2) is 10.2. The van der Waals surface area contributed by atoms with Crippen molar-refractivity contribution in [1.82, 2.24) is 10.2 Å². The van der Waals surface area contributed by atoms with Crippen molar-refractivity contribution >= 4 is 11.8 Å². The van der Waals surface area contributed by atoms with Crippen molar-refractivity contribution in [2.24, 2.45) is 5.73 Å². The van der Waals surface area contributed by atoms with Gasteiger partial charge in [0.25, 0.3) is 0 Å². The van der Waals surface area contributed by atoms with Crippen molar-refractivity contribution in [2.45, 2.75) is 19.3 Å². The first kappa shape index (κ1) is 11.2. The molecular weight excluding hydrogens is 162 g/mol. The molecule has 11 heavy (non-hydrogen) atoms. The van der Waals surface area contributed by atoms with Crippen LogP contribution < -0.4 is 15.9 Å². The van der Waals surface area contributed by atoms with E-state index < -0.39 is 0 Å². The van der Waals surface area contributed by atoms with E-state index in [1.54, 1.807) is 0 Å². The van der Waals surface area contributed by atoms with Crippen LogP contribution in [-0.4, -0.2) is 26.2 Å². The zero-order chi connectivity index (χ0) is 8.36. The molecule has 0 aliphatic rings. The summed E-state index contributed by atoms with van der Waals surface area (Å²) in [7, 11) is 0. The maximum atomic E-state index is 5.32. The van der Waals surface area contributed by atoms with Crippen LogP contribution in [0.25, 0.3) is 0 Å². The lowest BCUT2D eigenvalue weighted by Crippen LogP contribution is -2.19. The number of halogens is 1. The van der Waals surface area contributed by atoms with E-state index in [9.17, 15) is 0 Å². The molecule has 0 rings (SSSR count). The number of nitrogens with two attached hydrogens (primary N) is 1. The molecule has 0 spiro atoms. The molecule has 4 heteroatoms. The van der Waals surface area contributed by atoms with Crippen LogP contribution in [-0.2, 0) is 0 Å². The minimum atomic E-state index is 0.774. The van der Waals surface area contributed by atoms with Crippen molar-refractivity contribution in [3.05, 3.63) is 0 Å². The SMILES string of the molecule is NCCCNCCCCNCl. The summed E-state index contributed by atoms with van der Waals surface area (Å²) in [6, 6.07) is 0. The highest BCUT2D eigenvalue weighted by Gasteiger charge is 1.87. The van der Waals surface area contributed by atoms with Gasteiger partial charge in [-0.25, -0.2) is 4.84 Å². The van der Waals surface area contributed by atoms with Crippen molar-refractivity contribution in [3.8, 4) is 0 Å². The molecule has 0 fully saturated rings. The molecule has 3 nitrogen and oxygen atoms in total. The number of hydrogen-bond acceptors (Lipinski definition) is 3. The van der Waals surface area contributed by atoms with Crippen LogP contribution in [0, 0.1) is 0 Å². The molecular formula is C7H18ClN3. The van der Waals surface area contributed by atoms with Gasteiger partial charge in [-0.2, -0.15) is 0 Å². The van der Waals surface area contributed by atoms with Crippen LogP contribution >= 0.6 is 11.8 Å². The fraction of sp³-hybridized carbons (Fsp3) is 1.00. The maximum Gasteiger partial charge on any atom is 0.0108 e. The second-order valence-electron chi connectivity index (χ2n) is 2.48. The van der Waals surface area contributed by atoms with Gasteiger partial charge in [0.2, 0.25) is 0 Å². The number of hydrogen-bond donors (Lipinski definition) is 3. The zero-order valence-corrected chi connectivity index (χ0v) is 7.66. The lowest BCUT2D eigenvalue weighted by Gasteiger charge is -2.02. The molecule has 0 heterocycles. The first-order valence-electron chi connectivity index (χ1n) is 4.16. The van der Waals surface area contributed by atoms with Gasteiger partial charge in [-0.1, -0.05) is 0 Å². The van der Waals surface area contributed by atoms with Crippen LogP contribution in [0.5, 0.6) is 0 Å². The third kappa shape index (κ3) is 10.2. The van der Waals surface area contributed by atoms with Crippen molar-refractivity contribution in [3.63, 3.8) is 0 Å². The third-order valence-electron chi connectivity index (χ3n) is 1.43. The molecule has 0 aromatic heterocycles. The minimum absolute atomic E-state index is 0.774. The summed E-state index contributed by atoms with van der Waals surface area (Å²) >= 11 is 5.28. The Bertz CT molecular complexity index is 62.7. The molecule has 0 saturated carbocycles. The molecule has 0 aromatic carbocycles. The summed E-state index contributed by atoms with van der Waals surface area (Å²) in [5.41, 5.74) is 5.32. The molecule has 0 aromatic rings. The standard InChI is InChI=1S/C7H18ClN3/c8-11-7-2-1-5-10-6-3-4-9/h10-11H,1-7,9H2. The first-order chi connectivity index (χ1) is 5.41. The van der Waals surface area contributed by atoms with Crippen LogP contribution in [0.2, 0.25) is 0 Å². The highest BCUT2D eigenvalue weighted by Crippen LogP contribution is 1.84.